The van der Waals surface area contributed by atoms with Gasteiger partial charge in [-0.15, -0.1) is 0 Å². The maximum Gasteiger partial charge on any atom is 0.327 e. The number of hydrogen-bond donors (Lipinski definition) is 5. The molecule has 6 N–H and O–H groups in total. The van der Waals surface area contributed by atoms with Gasteiger partial charge in [0.15, 0.2) is 10.8 Å². The predicted octanol–water partition coefficient (Wildman–Crippen LogP) is -2.86. The first-order chi connectivity index (χ1) is 12.9. The van der Waals surface area contributed by atoms with Gasteiger partial charge in [0.1, 0.15) is 11.5 Å². The number of allylic oxidation sites excluding steroid dienone is 1. The number of nitrogens with two attached hydrogens (primary N) is 1. The third-order valence-electron chi connectivity index (χ3n) is 5.09. The number of nitrogens with zero attached hydrogens (tertiary/aromatic N) is 4. The van der Waals surface area contributed by atoms with E-state index >= 15 is 0 Å². The molecule has 5 heterocycles. The highest BCUT2D eigenvalue weighted by Gasteiger charge is 2.44. The van der Waals surface area contributed by atoms with Crippen LogP contribution in [0.4, 0.5) is 17.5 Å². The zero-order chi connectivity index (χ0) is 18.9. The molecule has 0 fully saturated rings. The molecule has 0 bridgehead atoms. The fourth-order valence-electron chi connectivity index (χ4n) is 3.97. The number of aromatic amines is 3. The summed E-state index contributed by atoms with van der Waals surface area (Å²) in [6.45, 7) is 2.65. The summed E-state index contributed by atoms with van der Waals surface area (Å²) in [4.78, 5) is 58.4. The number of fused-ring (bicyclic) bond motifs is 6. The van der Waals surface area contributed by atoms with Crippen LogP contribution in [0.15, 0.2) is 35.8 Å². The Hall–Kier alpha value is -3.70. The van der Waals surface area contributed by atoms with Crippen molar-refractivity contribution in [2.24, 2.45) is 15.9 Å². The summed E-state index contributed by atoms with van der Waals surface area (Å²) in [5, 5.41) is 3.20. The molecule has 3 aliphatic heterocycles. The highest BCUT2D eigenvalue weighted by molar-refractivity contribution is 5.72. The lowest BCUT2D eigenvalue weighted by Crippen LogP contribution is -2.48. The second kappa shape index (κ2) is 5.16. The minimum Gasteiger partial charge on any atom is -0.369 e. The zero-order valence-electron chi connectivity index (χ0n) is 14.2. The van der Waals surface area contributed by atoms with Crippen molar-refractivity contribution in [1.82, 2.24) is 19.9 Å². The van der Waals surface area contributed by atoms with E-state index in [4.69, 9.17) is 5.73 Å². The van der Waals surface area contributed by atoms with E-state index in [0.717, 1.165) is 5.70 Å². The Bertz CT molecular complexity index is 1320. The van der Waals surface area contributed by atoms with Crippen LogP contribution >= 0.6 is 0 Å². The number of rotatable bonds is 0. The van der Waals surface area contributed by atoms with Gasteiger partial charge in [0.2, 0.25) is 5.95 Å². The third-order valence-corrected chi connectivity index (χ3v) is 5.09. The molecule has 0 saturated carbocycles. The lowest BCUT2D eigenvalue weighted by Gasteiger charge is -2.35. The normalized spacial score (nSPS) is 22.5. The molecule has 5 rings (SSSR count). The lowest BCUT2D eigenvalue weighted by molar-refractivity contribution is 0.512. The number of H-pyrrole nitrogens is 3. The van der Waals surface area contributed by atoms with E-state index in [2.05, 4.69) is 35.2 Å². The Kier molecular flexibility index (Phi) is 2.97. The Morgan fingerprint density at radius 2 is 1.96 bits per heavy atom. The van der Waals surface area contributed by atoms with E-state index in [1.165, 1.54) is 0 Å². The summed E-state index contributed by atoms with van der Waals surface area (Å²) in [5.41, 5.74) is 5.99. The van der Waals surface area contributed by atoms with Gasteiger partial charge in [-0.05, 0) is 6.92 Å². The molecule has 2 aromatic rings. The zero-order valence-corrected chi connectivity index (χ0v) is 14.2. The van der Waals surface area contributed by atoms with Gasteiger partial charge in [-0.25, -0.2) is 9.79 Å². The van der Waals surface area contributed by atoms with Gasteiger partial charge in [-0.1, -0.05) is 0 Å². The van der Waals surface area contributed by atoms with E-state index in [0.29, 0.717) is 30.3 Å². The number of anilines is 3. The standard InChI is InChI=1S/C15H15N9O3/c1-4-7-5(2-17-10-8(19-7)12(25)22-14(16)20-10)6-3-18-11-9(24(4)6)13(26)23-15(27)21-11/h5-6H,2-3H2,1H3,(H3,16,17,20,22,25)(H3,18,21,23,26,27). The number of hydrogen-bond acceptors (Lipinski definition) is 9. The van der Waals surface area contributed by atoms with Gasteiger partial charge in [-0.2, -0.15) is 4.98 Å². The first-order valence-electron chi connectivity index (χ1n) is 8.33. The van der Waals surface area contributed by atoms with Gasteiger partial charge < -0.3 is 16.0 Å². The van der Waals surface area contributed by atoms with Crippen molar-refractivity contribution < 1.29 is 0 Å². The molecule has 2 atom stereocenters. The van der Waals surface area contributed by atoms with Crippen molar-refractivity contribution in [2.75, 3.05) is 29.0 Å². The minimum absolute atomic E-state index is 0.0131. The minimum atomic E-state index is -0.577. The number of nitrogens with one attached hydrogen (secondary N) is 4. The van der Waals surface area contributed by atoms with Crippen LogP contribution in [0.1, 0.15) is 6.92 Å². The second-order valence-corrected chi connectivity index (χ2v) is 6.60. The molecule has 0 amide bonds. The van der Waals surface area contributed by atoms with E-state index in [1.54, 1.807) is 0 Å². The van der Waals surface area contributed by atoms with Crippen molar-refractivity contribution >= 4 is 17.5 Å². The van der Waals surface area contributed by atoms with Crippen molar-refractivity contribution in [3.05, 3.63) is 53.4 Å². The molecule has 0 aromatic carbocycles. The van der Waals surface area contributed by atoms with Crippen LogP contribution in [0.3, 0.4) is 0 Å². The Labute approximate surface area is 149 Å². The Morgan fingerprint density at radius 3 is 2.78 bits per heavy atom. The molecule has 27 heavy (non-hydrogen) atoms. The van der Waals surface area contributed by atoms with Crippen LogP contribution in [-0.4, -0.2) is 39.1 Å². The van der Waals surface area contributed by atoms with Crippen LogP contribution in [0.2, 0.25) is 0 Å². The molecule has 0 saturated heterocycles. The fourth-order valence-corrected chi connectivity index (χ4v) is 3.97. The van der Waals surface area contributed by atoms with E-state index in [-0.39, 0.29) is 28.8 Å². The number of nitrogen functional groups attached to an aromatic ring is 1. The SMILES string of the molecule is CC1=C2N=c3c(nc(N)[nH]c3=O)=NCC2C2CNc3[nH]c(=O)[nH]c(=O)c3N12. The Balaban J connectivity index is 1.77. The Morgan fingerprint density at radius 1 is 1.15 bits per heavy atom. The van der Waals surface area contributed by atoms with Crippen molar-refractivity contribution in [3.63, 3.8) is 0 Å². The topological polar surface area (TPSA) is 177 Å². The third kappa shape index (κ3) is 2.09. The molecular weight excluding hydrogens is 354 g/mol. The quantitative estimate of drug-likeness (QED) is 0.331. The molecule has 12 nitrogen and oxygen atoms in total. The van der Waals surface area contributed by atoms with Crippen molar-refractivity contribution in [3.8, 4) is 0 Å². The highest BCUT2D eigenvalue weighted by atomic mass is 16.2. The molecule has 12 heteroatoms. The average molecular weight is 369 g/mol. The van der Waals surface area contributed by atoms with Gasteiger partial charge in [0.05, 0.1) is 18.3 Å². The molecule has 0 radical (unpaired) electrons. The lowest BCUT2D eigenvalue weighted by atomic mass is 9.98. The first-order valence-corrected chi connectivity index (χ1v) is 8.33. The molecular formula is C15H15N9O3. The number of aromatic nitrogens is 4. The summed E-state index contributed by atoms with van der Waals surface area (Å²) in [5.74, 6) is 0.202. The van der Waals surface area contributed by atoms with Gasteiger partial charge in [0.25, 0.3) is 11.1 Å². The van der Waals surface area contributed by atoms with Crippen molar-refractivity contribution in [2.45, 2.75) is 13.0 Å². The van der Waals surface area contributed by atoms with Gasteiger partial charge in [-0.3, -0.25) is 29.5 Å². The van der Waals surface area contributed by atoms with Crippen LogP contribution in [0.25, 0.3) is 0 Å². The van der Waals surface area contributed by atoms with E-state index in [9.17, 15) is 14.4 Å². The molecule has 0 aliphatic carbocycles. The highest BCUT2D eigenvalue weighted by Crippen LogP contribution is 2.41. The summed E-state index contributed by atoms with van der Waals surface area (Å²) in [7, 11) is 0. The largest absolute Gasteiger partial charge is 0.369 e. The molecule has 138 valence electrons. The van der Waals surface area contributed by atoms with Gasteiger partial charge in [0, 0.05) is 18.2 Å². The fraction of sp³-hybridized carbons (Fsp3) is 0.333. The predicted molar refractivity (Wildman–Crippen MR) is 95.1 cm³/mol. The van der Waals surface area contributed by atoms with E-state index < -0.39 is 16.8 Å². The van der Waals surface area contributed by atoms with Crippen LogP contribution in [0, 0.1) is 5.92 Å². The average Bonchev–Trinajstić information content (AvgIpc) is 2.75. The second-order valence-electron chi connectivity index (χ2n) is 6.60. The molecule has 0 spiro atoms. The van der Waals surface area contributed by atoms with Crippen LogP contribution in [0.5, 0.6) is 0 Å². The van der Waals surface area contributed by atoms with Crippen LogP contribution < -0.4 is 43.6 Å². The summed E-state index contributed by atoms with van der Waals surface area (Å²) < 4.78 is 0. The molecule has 2 unspecified atom stereocenters. The maximum atomic E-state index is 12.4. The monoisotopic (exact) mass is 369 g/mol. The maximum absolute atomic E-state index is 12.4. The summed E-state index contributed by atoms with van der Waals surface area (Å²) in [6, 6.07) is -0.141. The molecule has 3 aliphatic rings. The summed E-state index contributed by atoms with van der Waals surface area (Å²) >= 11 is 0. The molecule has 2 aromatic heterocycles. The van der Waals surface area contributed by atoms with E-state index in [1.807, 2.05) is 11.8 Å². The van der Waals surface area contributed by atoms with Crippen molar-refractivity contribution in [1.29, 1.82) is 0 Å². The summed E-state index contributed by atoms with van der Waals surface area (Å²) in [6.07, 6.45) is 0. The van der Waals surface area contributed by atoms with Gasteiger partial charge >= 0.3 is 5.69 Å². The van der Waals surface area contributed by atoms with Crippen LogP contribution in [-0.2, 0) is 0 Å². The first kappa shape index (κ1) is 15.5. The smallest absolute Gasteiger partial charge is 0.327 e.